The molecule has 2 nitrogen and oxygen atoms in total. The quantitative estimate of drug-likeness (QED) is 0.668. The second-order valence-electron chi connectivity index (χ2n) is 5.52. The van der Waals surface area contributed by atoms with Gasteiger partial charge >= 0.3 is 0 Å². The molecular weight excluding hydrogens is 271 g/mol. The predicted octanol–water partition coefficient (Wildman–Crippen LogP) is 3.79. The molecule has 1 aliphatic rings. The molecule has 0 N–H and O–H groups in total. The number of methoxy groups -OCH3 is 1. The van der Waals surface area contributed by atoms with Crippen molar-refractivity contribution in [2.75, 3.05) is 7.11 Å². The minimum atomic E-state index is 0.620. The molecule has 0 bridgehead atoms. The average Bonchev–Trinajstić information content (AvgIpc) is 2.59. The summed E-state index contributed by atoms with van der Waals surface area (Å²) in [6.07, 6.45) is 0. The summed E-state index contributed by atoms with van der Waals surface area (Å²) in [7, 11) is 3.80. The molecule has 0 aliphatic carbocycles. The number of hydrogen-bond acceptors (Lipinski definition) is 2. The van der Waals surface area contributed by atoms with E-state index >= 15 is 0 Å². The van der Waals surface area contributed by atoms with Gasteiger partial charge in [0.1, 0.15) is 25.4 Å². The standard InChI is InChI=1S/C19H16BO2/c1-20-14-4-7-16-13(9-14)11-22-19-17-8-5-15(21-2)10-12(17)3-6-18(16)19/h3-10H,11H2,1-2H3. The first-order valence-corrected chi connectivity index (χ1v) is 7.46. The SMILES string of the molecule is C[B]c1ccc2c(c1)COc1c-2ccc2cc(OC)ccc12. The molecule has 0 saturated carbocycles. The van der Waals surface area contributed by atoms with Gasteiger partial charge in [0.05, 0.1) is 7.11 Å². The van der Waals surface area contributed by atoms with E-state index in [2.05, 4.69) is 50.5 Å². The Labute approximate surface area is 130 Å². The van der Waals surface area contributed by atoms with Crippen LogP contribution in [0, 0.1) is 0 Å². The summed E-state index contributed by atoms with van der Waals surface area (Å²) in [5, 5.41) is 2.27. The minimum Gasteiger partial charge on any atom is -0.497 e. The predicted molar refractivity (Wildman–Crippen MR) is 91.5 cm³/mol. The first-order valence-electron chi connectivity index (χ1n) is 7.46. The van der Waals surface area contributed by atoms with Crippen LogP contribution in [0.25, 0.3) is 21.9 Å². The van der Waals surface area contributed by atoms with Crippen LogP contribution in [0.2, 0.25) is 6.82 Å². The van der Waals surface area contributed by atoms with Crippen molar-refractivity contribution in [3.05, 3.63) is 54.1 Å². The Bertz CT molecular complexity index is 871. The second-order valence-corrected chi connectivity index (χ2v) is 5.52. The molecule has 0 amide bonds. The van der Waals surface area contributed by atoms with Crippen LogP contribution in [0.5, 0.6) is 11.5 Å². The van der Waals surface area contributed by atoms with Crippen LogP contribution >= 0.6 is 0 Å². The van der Waals surface area contributed by atoms with Crippen LogP contribution in [0.15, 0.2) is 48.5 Å². The highest BCUT2D eigenvalue weighted by Crippen LogP contribution is 2.42. The zero-order chi connectivity index (χ0) is 15.1. The molecule has 0 aromatic heterocycles. The van der Waals surface area contributed by atoms with Gasteiger partial charge in [0, 0.05) is 10.9 Å². The molecule has 1 aliphatic heterocycles. The van der Waals surface area contributed by atoms with Crippen LogP contribution in [-0.4, -0.2) is 14.4 Å². The largest absolute Gasteiger partial charge is 0.497 e. The Morgan fingerprint density at radius 3 is 2.68 bits per heavy atom. The summed E-state index contributed by atoms with van der Waals surface area (Å²) in [4.78, 5) is 0. The average molecular weight is 287 g/mol. The molecule has 22 heavy (non-hydrogen) atoms. The lowest BCUT2D eigenvalue weighted by Gasteiger charge is -2.23. The van der Waals surface area contributed by atoms with E-state index in [-0.39, 0.29) is 0 Å². The molecule has 0 fully saturated rings. The molecular formula is C19H16BO2. The van der Waals surface area contributed by atoms with Crippen molar-refractivity contribution in [2.24, 2.45) is 0 Å². The molecule has 1 radical (unpaired) electrons. The summed E-state index contributed by atoms with van der Waals surface area (Å²) in [5.41, 5.74) is 4.92. The topological polar surface area (TPSA) is 18.5 Å². The van der Waals surface area contributed by atoms with Crippen molar-refractivity contribution >= 4 is 23.5 Å². The molecule has 0 saturated heterocycles. The molecule has 3 aromatic carbocycles. The van der Waals surface area contributed by atoms with E-state index in [1.807, 2.05) is 12.1 Å². The minimum absolute atomic E-state index is 0.620. The first-order chi connectivity index (χ1) is 10.8. The highest BCUT2D eigenvalue weighted by Gasteiger charge is 2.19. The maximum atomic E-state index is 6.08. The van der Waals surface area contributed by atoms with E-state index < -0.39 is 0 Å². The van der Waals surface area contributed by atoms with E-state index in [0.717, 1.165) is 22.3 Å². The highest BCUT2D eigenvalue weighted by molar-refractivity contribution is 6.52. The number of benzene rings is 3. The third-order valence-electron chi connectivity index (χ3n) is 4.30. The van der Waals surface area contributed by atoms with E-state index in [0.29, 0.717) is 6.61 Å². The van der Waals surface area contributed by atoms with Crippen LogP contribution < -0.4 is 14.9 Å². The number of hydrogen-bond donors (Lipinski definition) is 0. The third kappa shape index (κ3) is 1.97. The molecule has 1 heterocycles. The Hall–Kier alpha value is -2.42. The zero-order valence-electron chi connectivity index (χ0n) is 12.7. The fourth-order valence-corrected chi connectivity index (χ4v) is 3.10. The van der Waals surface area contributed by atoms with Gasteiger partial charge in [0.25, 0.3) is 0 Å². The summed E-state index contributed by atoms with van der Waals surface area (Å²) in [6, 6.07) is 16.9. The van der Waals surface area contributed by atoms with Gasteiger partial charge in [-0.25, -0.2) is 0 Å². The van der Waals surface area contributed by atoms with Crippen LogP contribution in [0.1, 0.15) is 5.56 Å². The van der Waals surface area contributed by atoms with E-state index in [9.17, 15) is 0 Å². The molecule has 0 unspecified atom stereocenters. The highest BCUT2D eigenvalue weighted by atomic mass is 16.5. The normalized spacial score (nSPS) is 12.3. The fraction of sp³-hybridized carbons (Fsp3) is 0.158. The van der Waals surface area contributed by atoms with E-state index in [1.54, 1.807) is 7.11 Å². The van der Waals surface area contributed by atoms with E-state index in [4.69, 9.17) is 9.47 Å². The van der Waals surface area contributed by atoms with Crippen molar-refractivity contribution < 1.29 is 9.47 Å². The van der Waals surface area contributed by atoms with Gasteiger partial charge in [-0.05, 0) is 40.8 Å². The van der Waals surface area contributed by atoms with Crippen molar-refractivity contribution in [1.82, 2.24) is 0 Å². The van der Waals surface area contributed by atoms with Gasteiger partial charge < -0.3 is 9.47 Å². The summed E-state index contributed by atoms with van der Waals surface area (Å²) in [5.74, 6) is 1.84. The smallest absolute Gasteiger partial charge is 0.148 e. The Morgan fingerprint density at radius 2 is 1.86 bits per heavy atom. The lowest BCUT2D eigenvalue weighted by atomic mass is 9.72. The molecule has 0 atom stereocenters. The van der Waals surface area contributed by atoms with Gasteiger partial charge in [-0.3, -0.25) is 0 Å². The van der Waals surface area contributed by atoms with E-state index in [1.165, 1.54) is 22.2 Å². The second kappa shape index (κ2) is 5.10. The Morgan fingerprint density at radius 1 is 1.00 bits per heavy atom. The van der Waals surface area contributed by atoms with Gasteiger partial charge in [-0.15, -0.1) is 0 Å². The van der Waals surface area contributed by atoms with Crippen LogP contribution in [-0.2, 0) is 6.61 Å². The Balaban J connectivity index is 1.93. The van der Waals surface area contributed by atoms with Crippen molar-refractivity contribution in [2.45, 2.75) is 13.4 Å². The maximum Gasteiger partial charge on any atom is 0.148 e. The maximum absolute atomic E-state index is 6.08. The molecule has 107 valence electrons. The molecule has 3 heteroatoms. The number of rotatable bonds is 2. The van der Waals surface area contributed by atoms with Crippen LogP contribution in [0.3, 0.4) is 0 Å². The van der Waals surface area contributed by atoms with Gasteiger partial charge in [0.15, 0.2) is 0 Å². The summed E-state index contributed by atoms with van der Waals surface area (Å²) >= 11 is 0. The molecule has 3 aromatic rings. The van der Waals surface area contributed by atoms with Crippen molar-refractivity contribution in [3.8, 4) is 22.6 Å². The zero-order valence-corrected chi connectivity index (χ0v) is 12.7. The number of fused-ring (bicyclic) bond motifs is 5. The molecule has 0 spiro atoms. The fourth-order valence-electron chi connectivity index (χ4n) is 3.10. The molecule has 4 rings (SSSR count). The van der Waals surface area contributed by atoms with Gasteiger partial charge in [-0.2, -0.15) is 0 Å². The lowest BCUT2D eigenvalue weighted by molar-refractivity contribution is 0.306. The summed E-state index contributed by atoms with van der Waals surface area (Å²) < 4.78 is 11.4. The number of ether oxygens (including phenoxy) is 2. The van der Waals surface area contributed by atoms with Crippen molar-refractivity contribution in [3.63, 3.8) is 0 Å². The Kier molecular flexibility index (Phi) is 3.07. The van der Waals surface area contributed by atoms with Gasteiger partial charge in [-0.1, -0.05) is 36.6 Å². The lowest BCUT2D eigenvalue weighted by Crippen LogP contribution is -2.15. The third-order valence-corrected chi connectivity index (χ3v) is 4.30. The monoisotopic (exact) mass is 287 g/mol. The first kappa shape index (κ1) is 13.3. The van der Waals surface area contributed by atoms with Crippen LogP contribution in [0.4, 0.5) is 0 Å². The van der Waals surface area contributed by atoms with Crippen molar-refractivity contribution in [1.29, 1.82) is 0 Å². The van der Waals surface area contributed by atoms with Gasteiger partial charge in [0.2, 0.25) is 0 Å². The summed E-state index contributed by atoms with van der Waals surface area (Å²) in [6.45, 7) is 2.68.